The molecule has 1 heterocycles. The second-order valence-electron chi connectivity index (χ2n) is 2.91. The third kappa shape index (κ3) is 2.43. The van der Waals surface area contributed by atoms with E-state index in [1.807, 2.05) is 23.8 Å². The lowest BCUT2D eigenvalue weighted by atomic mass is 10.0. The molecule has 0 radical (unpaired) electrons. The Bertz CT molecular complexity index is 243. The van der Waals surface area contributed by atoms with Crippen molar-refractivity contribution in [2.75, 3.05) is 6.54 Å². The molecule has 0 aromatic carbocycles. The number of hydrogen-bond acceptors (Lipinski definition) is 3. The fourth-order valence-electron chi connectivity index (χ4n) is 0.900. The fourth-order valence-corrected chi connectivity index (χ4v) is 1.57. The van der Waals surface area contributed by atoms with Crippen molar-refractivity contribution in [3.05, 3.63) is 22.4 Å². The van der Waals surface area contributed by atoms with E-state index in [4.69, 9.17) is 5.73 Å². The Morgan fingerprint density at radius 1 is 1.75 bits per heavy atom. The van der Waals surface area contributed by atoms with Gasteiger partial charge in [0.2, 0.25) is 0 Å². The number of hydrogen-bond donors (Lipinski definition) is 1. The van der Waals surface area contributed by atoms with Crippen molar-refractivity contribution in [1.82, 2.24) is 0 Å². The Balaban J connectivity index is 2.47. The summed E-state index contributed by atoms with van der Waals surface area (Å²) in [6.45, 7) is 2.32. The van der Waals surface area contributed by atoms with Gasteiger partial charge in [-0.1, -0.05) is 6.92 Å². The minimum Gasteiger partial charge on any atom is -0.330 e. The van der Waals surface area contributed by atoms with Crippen LogP contribution in [0.2, 0.25) is 0 Å². The molecule has 1 aromatic rings. The van der Waals surface area contributed by atoms with E-state index in [2.05, 4.69) is 0 Å². The zero-order valence-electron chi connectivity index (χ0n) is 7.12. The van der Waals surface area contributed by atoms with E-state index < -0.39 is 0 Å². The molecule has 1 aromatic heterocycles. The van der Waals surface area contributed by atoms with Gasteiger partial charge >= 0.3 is 0 Å². The van der Waals surface area contributed by atoms with Gasteiger partial charge in [-0.05, 0) is 22.4 Å². The third-order valence-corrected chi connectivity index (χ3v) is 2.59. The maximum Gasteiger partial charge on any atom is 0.141 e. The van der Waals surface area contributed by atoms with Crippen LogP contribution in [0.25, 0.3) is 0 Å². The van der Waals surface area contributed by atoms with Gasteiger partial charge in [0.15, 0.2) is 0 Å². The van der Waals surface area contributed by atoms with E-state index in [9.17, 15) is 4.79 Å². The van der Waals surface area contributed by atoms with Gasteiger partial charge in [-0.25, -0.2) is 0 Å². The predicted octanol–water partition coefficient (Wildman–Crippen LogP) is 1.45. The molecule has 0 saturated carbocycles. The van der Waals surface area contributed by atoms with Gasteiger partial charge in [0.05, 0.1) is 0 Å². The zero-order chi connectivity index (χ0) is 8.97. The van der Waals surface area contributed by atoms with Crippen molar-refractivity contribution in [3.63, 3.8) is 0 Å². The van der Waals surface area contributed by atoms with Crippen molar-refractivity contribution >= 4 is 17.1 Å². The average molecular weight is 183 g/mol. The van der Waals surface area contributed by atoms with E-state index in [-0.39, 0.29) is 11.7 Å². The summed E-state index contributed by atoms with van der Waals surface area (Å²) < 4.78 is 0. The molecule has 12 heavy (non-hydrogen) atoms. The first-order valence-corrected chi connectivity index (χ1v) is 4.92. The standard InChI is InChI=1S/C9H13NOS/c1-7(5-10)9(11)4-8-2-3-12-6-8/h2-3,6-7H,4-5,10H2,1H3. The van der Waals surface area contributed by atoms with Gasteiger partial charge in [-0.2, -0.15) is 11.3 Å². The second-order valence-corrected chi connectivity index (χ2v) is 3.69. The van der Waals surface area contributed by atoms with Crippen LogP contribution >= 0.6 is 11.3 Å². The number of thiophene rings is 1. The molecule has 0 aliphatic rings. The molecular formula is C9H13NOS. The lowest BCUT2D eigenvalue weighted by molar-refractivity contribution is -0.121. The van der Waals surface area contributed by atoms with E-state index in [1.54, 1.807) is 11.3 Å². The smallest absolute Gasteiger partial charge is 0.141 e. The van der Waals surface area contributed by atoms with Crippen molar-refractivity contribution in [1.29, 1.82) is 0 Å². The summed E-state index contributed by atoms with van der Waals surface area (Å²) in [6, 6.07) is 1.98. The summed E-state index contributed by atoms with van der Waals surface area (Å²) in [7, 11) is 0. The third-order valence-electron chi connectivity index (χ3n) is 1.86. The molecule has 1 rings (SSSR count). The molecule has 0 amide bonds. The highest BCUT2D eigenvalue weighted by Crippen LogP contribution is 2.09. The van der Waals surface area contributed by atoms with E-state index in [0.717, 1.165) is 5.56 Å². The SMILES string of the molecule is CC(CN)C(=O)Cc1ccsc1. The number of nitrogens with two attached hydrogens (primary N) is 1. The molecule has 2 nitrogen and oxygen atoms in total. The maximum absolute atomic E-state index is 11.4. The molecule has 0 aliphatic carbocycles. The molecule has 0 fully saturated rings. The van der Waals surface area contributed by atoms with Crippen molar-refractivity contribution in [2.24, 2.45) is 11.7 Å². The number of Topliss-reactive ketones (excluding diaryl/α,β-unsaturated/α-hetero) is 1. The van der Waals surface area contributed by atoms with Crippen LogP contribution < -0.4 is 5.73 Å². The van der Waals surface area contributed by atoms with Crippen LogP contribution in [0.1, 0.15) is 12.5 Å². The highest BCUT2D eigenvalue weighted by atomic mass is 32.1. The molecule has 3 heteroatoms. The van der Waals surface area contributed by atoms with Crippen LogP contribution in [0, 0.1) is 5.92 Å². The first-order chi connectivity index (χ1) is 5.74. The van der Waals surface area contributed by atoms with Gasteiger partial charge in [0, 0.05) is 18.9 Å². The summed E-state index contributed by atoms with van der Waals surface area (Å²) in [5, 5.41) is 3.98. The Kier molecular flexibility index (Phi) is 3.44. The lowest BCUT2D eigenvalue weighted by Crippen LogP contribution is -2.21. The Hall–Kier alpha value is -0.670. The van der Waals surface area contributed by atoms with Crippen molar-refractivity contribution < 1.29 is 4.79 Å². The highest BCUT2D eigenvalue weighted by Gasteiger charge is 2.11. The quantitative estimate of drug-likeness (QED) is 0.767. The largest absolute Gasteiger partial charge is 0.330 e. The Morgan fingerprint density at radius 3 is 3.00 bits per heavy atom. The lowest BCUT2D eigenvalue weighted by Gasteiger charge is -2.04. The van der Waals surface area contributed by atoms with Crippen LogP contribution in [0.5, 0.6) is 0 Å². The number of ketones is 1. The molecule has 0 saturated heterocycles. The second kappa shape index (κ2) is 4.38. The highest BCUT2D eigenvalue weighted by molar-refractivity contribution is 7.07. The van der Waals surface area contributed by atoms with Crippen LogP contribution in [-0.4, -0.2) is 12.3 Å². The summed E-state index contributed by atoms with van der Waals surface area (Å²) in [5.74, 6) is 0.223. The first kappa shape index (κ1) is 9.42. The molecule has 1 atom stereocenters. The average Bonchev–Trinajstić information content (AvgIpc) is 2.55. The predicted molar refractivity (Wildman–Crippen MR) is 51.2 cm³/mol. The van der Waals surface area contributed by atoms with Gasteiger partial charge in [0.1, 0.15) is 5.78 Å². The van der Waals surface area contributed by atoms with Crippen LogP contribution in [0.15, 0.2) is 16.8 Å². The molecule has 66 valence electrons. The summed E-state index contributed by atoms with van der Waals surface area (Å²) in [4.78, 5) is 11.4. The summed E-state index contributed by atoms with van der Waals surface area (Å²) in [5.41, 5.74) is 6.49. The zero-order valence-corrected chi connectivity index (χ0v) is 7.93. The maximum atomic E-state index is 11.4. The number of rotatable bonds is 4. The van der Waals surface area contributed by atoms with Crippen LogP contribution in [0.4, 0.5) is 0 Å². The van der Waals surface area contributed by atoms with Crippen molar-refractivity contribution in [3.8, 4) is 0 Å². The minimum absolute atomic E-state index is 0.00935. The Labute approximate surface area is 76.4 Å². The molecule has 0 spiro atoms. The van der Waals surface area contributed by atoms with E-state index in [0.29, 0.717) is 13.0 Å². The Morgan fingerprint density at radius 2 is 2.50 bits per heavy atom. The number of carbonyl (C=O) groups excluding carboxylic acids is 1. The first-order valence-electron chi connectivity index (χ1n) is 3.98. The number of carbonyl (C=O) groups is 1. The monoisotopic (exact) mass is 183 g/mol. The summed E-state index contributed by atoms with van der Waals surface area (Å²) in [6.07, 6.45) is 0.530. The summed E-state index contributed by atoms with van der Waals surface area (Å²) >= 11 is 1.62. The molecule has 0 aliphatic heterocycles. The van der Waals surface area contributed by atoms with E-state index in [1.165, 1.54) is 0 Å². The van der Waals surface area contributed by atoms with Crippen molar-refractivity contribution in [2.45, 2.75) is 13.3 Å². The molecular weight excluding hydrogens is 170 g/mol. The topological polar surface area (TPSA) is 43.1 Å². The molecule has 1 unspecified atom stereocenters. The molecule has 0 bridgehead atoms. The van der Waals surface area contributed by atoms with Gasteiger partial charge in [-0.3, -0.25) is 4.79 Å². The van der Waals surface area contributed by atoms with Crippen LogP contribution in [0.3, 0.4) is 0 Å². The van der Waals surface area contributed by atoms with Gasteiger partial charge < -0.3 is 5.73 Å². The fraction of sp³-hybridized carbons (Fsp3) is 0.444. The normalized spacial score (nSPS) is 12.8. The van der Waals surface area contributed by atoms with Crippen LogP contribution in [-0.2, 0) is 11.2 Å². The minimum atomic E-state index is -0.00935. The van der Waals surface area contributed by atoms with Gasteiger partial charge in [-0.15, -0.1) is 0 Å². The van der Waals surface area contributed by atoms with E-state index >= 15 is 0 Å². The molecule has 2 N–H and O–H groups in total. The van der Waals surface area contributed by atoms with Gasteiger partial charge in [0.25, 0.3) is 0 Å².